The van der Waals surface area contributed by atoms with Crippen LogP contribution in [0.2, 0.25) is 15.1 Å². The number of carbonyl (C=O) groups is 1. The Morgan fingerprint density at radius 1 is 1.07 bits per heavy atom. The number of benzene rings is 2. The Morgan fingerprint density at radius 3 is 2.57 bits per heavy atom. The van der Waals surface area contributed by atoms with Crippen LogP contribution in [-0.4, -0.2) is 20.7 Å². The molecule has 11 heteroatoms. The average molecular weight is 441 g/mol. The van der Waals surface area contributed by atoms with Crippen molar-refractivity contribution in [2.24, 2.45) is 0 Å². The summed E-state index contributed by atoms with van der Waals surface area (Å²) in [5.74, 6) is 0.143. The zero-order valence-corrected chi connectivity index (χ0v) is 16.3. The Morgan fingerprint density at radius 2 is 1.86 bits per heavy atom. The molecule has 0 spiro atoms. The van der Waals surface area contributed by atoms with Crippen molar-refractivity contribution in [2.75, 3.05) is 10.6 Å². The van der Waals surface area contributed by atoms with Gasteiger partial charge in [-0.3, -0.25) is 20.1 Å². The Bertz CT molecular complexity index is 1050. The first kappa shape index (κ1) is 19.9. The molecule has 0 radical (unpaired) electrons. The number of hydrogen-bond acceptors (Lipinski definition) is 4. The molecule has 3 rings (SSSR count). The van der Waals surface area contributed by atoms with Crippen LogP contribution in [0.25, 0.3) is 0 Å². The highest BCUT2D eigenvalue weighted by Gasteiger charge is 2.13. The van der Waals surface area contributed by atoms with Crippen LogP contribution >= 0.6 is 34.8 Å². The molecule has 0 bridgehead atoms. The van der Waals surface area contributed by atoms with Crippen LogP contribution < -0.4 is 10.6 Å². The van der Waals surface area contributed by atoms with Gasteiger partial charge in [-0.15, -0.1) is 0 Å². The van der Waals surface area contributed by atoms with Gasteiger partial charge in [-0.2, -0.15) is 5.10 Å². The van der Waals surface area contributed by atoms with Gasteiger partial charge in [-0.25, -0.2) is 4.79 Å². The number of carbonyl (C=O) groups excluding carboxylic acids is 1. The van der Waals surface area contributed by atoms with E-state index in [0.717, 1.165) is 5.56 Å². The third-order valence-electron chi connectivity index (χ3n) is 3.59. The first-order chi connectivity index (χ1) is 13.3. The Labute approximate surface area is 174 Å². The third-order valence-corrected chi connectivity index (χ3v) is 4.61. The molecule has 28 heavy (non-hydrogen) atoms. The minimum atomic E-state index is -0.637. The lowest BCUT2D eigenvalue weighted by Crippen LogP contribution is -2.20. The molecule has 2 aromatic carbocycles. The SMILES string of the molecule is O=C(Nc1cccc([N+](=O)[O-])c1)Nc1nn(Cc2ccc(Cl)c(Cl)c2)cc1Cl. The van der Waals surface area contributed by atoms with E-state index in [1.54, 1.807) is 24.4 Å². The number of amides is 2. The smallest absolute Gasteiger partial charge is 0.307 e. The predicted octanol–water partition coefficient (Wildman–Crippen LogP) is 5.44. The largest absolute Gasteiger partial charge is 0.324 e. The monoisotopic (exact) mass is 439 g/mol. The maximum atomic E-state index is 12.1. The van der Waals surface area contributed by atoms with E-state index in [1.807, 2.05) is 0 Å². The van der Waals surface area contributed by atoms with Crippen molar-refractivity contribution in [3.05, 3.63) is 79.4 Å². The number of non-ortho nitro benzene ring substituents is 1. The molecule has 2 amide bonds. The molecule has 0 aliphatic carbocycles. The molecule has 144 valence electrons. The number of nitrogens with one attached hydrogen (secondary N) is 2. The van der Waals surface area contributed by atoms with Gasteiger partial charge in [0.15, 0.2) is 5.82 Å². The van der Waals surface area contributed by atoms with Crippen molar-refractivity contribution >= 4 is 58.0 Å². The standard InChI is InChI=1S/C17H12Cl3N5O3/c18-13-5-4-10(6-14(13)19)8-24-9-15(20)16(23-24)22-17(26)21-11-2-1-3-12(7-11)25(27)28/h1-7,9H,8H2,(H2,21,22,23,26). The summed E-state index contributed by atoms with van der Waals surface area (Å²) < 4.78 is 1.53. The lowest BCUT2D eigenvalue weighted by Gasteiger charge is -2.06. The molecule has 2 N–H and O–H groups in total. The van der Waals surface area contributed by atoms with Crippen molar-refractivity contribution < 1.29 is 9.72 Å². The lowest BCUT2D eigenvalue weighted by molar-refractivity contribution is -0.384. The zero-order valence-electron chi connectivity index (χ0n) is 14.0. The van der Waals surface area contributed by atoms with Gasteiger partial charge in [0.05, 0.1) is 21.5 Å². The van der Waals surface area contributed by atoms with Gasteiger partial charge >= 0.3 is 6.03 Å². The van der Waals surface area contributed by atoms with E-state index in [2.05, 4.69) is 15.7 Å². The maximum absolute atomic E-state index is 12.1. The minimum Gasteiger partial charge on any atom is -0.307 e. The van der Waals surface area contributed by atoms with E-state index in [-0.39, 0.29) is 22.2 Å². The van der Waals surface area contributed by atoms with Gasteiger partial charge < -0.3 is 5.32 Å². The minimum absolute atomic E-state index is 0.137. The molecule has 3 aromatic rings. The van der Waals surface area contributed by atoms with Crippen LogP contribution in [0, 0.1) is 10.1 Å². The van der Waals surface area contributed by atoms with Gasteiger partial charge in [0.25, 0.3) is 5.69 Å². The quantitative estimate of drug-likeness (QED) is 0.407. The average Bonchev–Trinajstić information content (AvgIpc) is 2.97. The zero-order chi connectivity index (χ0) is 20.3. The second kappa shape index (κ2) is 8.47. The van der Waals surface area contributed by atoms with Crippen molar-refractivity contribution in [3.8, 4) is 0 Å². The van der Waals surface area contributed by atoms with E-state index in [9.17, 15) is 14.9 Å². The van der Waals surface area contributed by atoms with E-state index in [0.29, 0.717) is 16.6 Å². The molecule has 0 saturated heterocycles. The van der Waals surface area contributed by atoms with Gasteiger partial charge in [-0.05, 0) is 23.8 Å². The fourth-order valence-electron chi connectivity index (χ4n) is 2.35. The number of aromatic nitrogens is 2. The first-order valence-electron chi connectivity index (χ1n) is 7.81. The topological polar surface area (TPSA) is 102 Å². The van der Waals surface area contributed by atoms with Gasteiger partial charge in [-0.1, -0.05) is 46.9 Å². The summed E-state index contributed by atoms with van der Waals surface area (Å²) in [6.07, 6.45) is 1.55. The molecule has 0 atom stereocenters. The number of halogens is 3. The number of urea groups is 1. The third kappa shape index (κ3) is 4.92. The van der Waals surface area contributed by atoms with Crippen molar-refractivity contribution in [3.63, 3.8) is 0 Å². The molecule has 0 unspecified atom stereocenters. The Hall–Kier alpha value is -2.81. The van der Waals surface area contributed by atoms with Crippen molar-refractivity contribution in [1.29, 1.82) is 0 Å². The van der Waals surface area contributed by atoms with Gasteiger partial charge in [0, 0.05) is 24.0 Å². The molecule has 0 aliphatic rings. The Balaban J connectivity index is 1.67. The number of nitro benzene ring substituents is 1. The van der Waals surface area contributed by atoms with E-state index in [1.165, 1.54) is 28.9 Å². The molecule has 0 aliphatic heterocycles. The number of hydrogen-bond donors (Lipinski definition) is 2. The van der Waals surface area contributed by atoms with Crippen LogP contribution in [0.5, 0.6) is 0 Å². The van der Waals surface area contributed by atoms with Crippen LogP contribution in [-0.2, 0) is 6.54 Å². The number of rotatable bonds is 5. The fraction of sp³-hybridized carbons (Fsp3) is 0.0588. The van der Waals surface area contributed by atoms with E-state index in [4.69, 9.17) is 34.8 Å². The molecule has 1 aromatic heterocycles. The highest BCUT2D eigenvalue weighted by Crippen LogP contribution is 2.25. The molecule has 1 heterocycles. The lowest BCUT2D eigenvalue weighted by atomic mass is 10.2. The summed E-state index contributed by atoms with van der Waals surface area (Å²) >= 11 is 18.0. The van der Waals surface area contributed by atoms with Crippen LogP contribution in [0.4, 0.5) is 22.0 Å². The molecular formula is C17H12Cl3N5O3. The van der Waals surface area contributed by atoms with Gasteiger partial charge in [0.2, 0.25) is 0 Å². The summed E-state index contributed by atoms with van der Waals surface area (Å²) in [7, 11) is 0. The first-order valence-corrected chi connectivity index (χ1v) is 8.94. The van der Waals surface area contributed by atoms with Crippen LogP contribution in [0.15, 0.2) is 48.7 Å². The van der Waals surface area contributed by atoms with E-state index >= 15 is 0 Å². The summed E-state index contributed by atoms with van der Waals surface area (Å²) in [6, 6.07) is 10.1. The van der Waals surface area contributed by atoms with Crippen LogP contribution in [0.3, 0.4) is 0 Å². The summed E-state index contributed by atoms with van der Waals surface area (Å²) in [6.45, 7) is 0.366. The van der Waals surface area contributed by atoms with Crippen molar-refractivity contribution in [2.45, 2.75) is 6.54 Å². The molecule has 8 nitrogen and oxygen atoms in total. The Kier molecular flexibility index (Phi) is 6.03. The highest BCUT2D eigenvalue weighted by atomic mass is 35.5. The maximum Gasteiger partial charge on any atom is 0.324 e. The predicted molar refractivity (Wildman–Crippen MR) is 109 cm³/mol. The molecular weight excluding hydrogens is 429 g/mol. The normalized spacial score (nSPS) is 10.5. The number of nitrogens with zero attached hydrogens (tertiary/aromatic N) is 3. The van der Waals surface area contributed by atoms with Crippen molar-refractivity contribution in [1.82, 2.24) is 9.78 Å². The fourth-order valence-corrected chi connectivity index (χ4v) is 2.87. The second-order valence-electron chi connectivity index (χ2n) is 5.66. The number of nitro groups is 1. The second-order valence-corrected chi connectivity index (χ2v) is 6.88. The van der Waals surface area contributed by atoms with E-state index < -0.39 is 11.0 Å². The molecule has 0 fully saturated rings. The summed E-state index contributed by atoms with van der Waals surface area (Å²) in [5, 5.41) is 21.1. The highest BCUT2D eigenvalue weighted by molar-refractivity contribution is 6.42. The van der Waals surface area contributed by atoms with Gasteiger partial charge in [0.1, 0.15) is 5.02 Å². The summed E-state index contributed by atoms with van der Waals surface area (Å²) in [4.78, 5) is 22.4. The number of anilines is 2. The summed E-state index contributed by atoms with van der Waals surface area (Å²) in [5.41, 5.74) is 0.973. The van der Waals surface area contributed by atoms with Crippen LogP contribution in [0.1, 0.15) is 5.56 Å². The molecule has 0 saturated carbocycles.